The van der Waals surface area contributed by atoms with Crippen molar-refractivity contribution < 1.29 is 5.11 Å². The SMILES string of the molecule is CCNCc1ccc(N(CCCO)C2CCC2)c(C)c1. The van der Waals surface area contributed by atoms with E-state index >= 15 is 0 Å². The maximum absolute atomic E-state index is 9.11. The van der Waals surface area contributed by atoms with Gasteiger partial charge >= 0.3 is 0 Å². The van der Waals surface area contributed by atoms with E-state index in [1.165, 1.54) is 36.1 Å². The summed E-state index contributed by atoms with van der Waals surface area (Å²) in [6.45, 7) is 7.53. The van der Waals surface area contributed by atoms with Gasteiger partial charge < -0.3 is 15.3 Å². The van der Waals surface area contributed by atoms with Crippen molar-refractivity contribution in [2.75, 3.05) is 24.6 Å². The number of aryl methyl sites for hydroxylation is 1. The second kappa shape index (κ2) is 7.65. The van der Waals surface area contributed by atoms with Crippen molar-refractivity contribution in [3.05, 3.63) is 29.3 Å². The zero-order valence-corrected chi connectivity index (χ0v) is 12.9. The van der Waals surface area contributed by atoms with E-state index in [1.54, 1.807) is 0 Å². The minimum atomic E-state index is 0.279. The predicted molar refractivity (Wildman–Crippen MR) is 85.2 cm³/mol. The van der Waals surface area contributed by atoms with Crippen LogP contribution in [0.3, 0.4) is 0 Å². The zero-order chi connectivity index (χ0) is 14.4. The van der Waals surface area contributed by atoms with Crippen LogP contribution in [-0.2, 0) is 6.54 Å². The number of benzene rings is 1. The number of aliphatic hydroxyl groups is 1. The molecule has 1 fully saturated rings. The number of nitrogens with zero attached hydrogens (tertiary/aromatic N) is 1. The van der Waals surface area contributed by atoms with Crippen molar-refractivity contribution in [1.29, 1.82) is 0 Å². The molecule has 0 saturated heterocycles. The Morgan fingerprint density at radius 3 is 2.70 bits per heavy atom. The van der Waals surface area contributed by atoms with Crippen LogP contribution in [0.25, 0.3) is 0 Å². The monoisotopic (exact) mass is 276 g/mol. The number of nitrogens with one attached hydrogen (secondary N) is 1. The Kier molecular flexibility index (Phi) is 5.86. The molecule has 1 aliphatic rings. The normalized spacial score (nSPS) is 15.2. The molecule has 0 amide bonds. The summed E-state index contributed by atoms with van der Waals surface area (Å²) >= 11 is 0. The summed E-state index contributed by atoms with van der Waals surface area (Å²) < 4.78 is 0. The fraction of sp³-hybridized carbons (Fsp3) is 0.647. The van der Waals surface area contributed by atoms with Crippen LogP contribution < -0.4 is 10.2 Å². The van der Waals surface area contributed by atoms with E-state index in [1.807, 2.05) is 0 Å². The Hall–Kier alpha value is -1.06. The van der Waals surface area contributed by atoms with E-state index in [0.717, 1.165) is 26.1 Å². The van der Waals surface area contributed by atoms with Crippen LogP contribution in [0.2, 0.25) is 0 Å². The first-order valence-corrected chi connectivity index (χ1v) is 7.94. The summed E-state index contributed by atoms with van der Waals surface area (Å²) in [6.07, 6.45) is 4.79. The van der Waals surface area contributed by atoms with Gasteiger partial charge in [-0.15, -0.1) is 0 Å². The Labute approximate surface area is 123 Å². The summed E-state index contributed by atoms with van der Waals surface area (Å²) in [7, 11) is 0. The van der Waals surface area contributed by atoms with Crippen molar-refractivity contribution in [3.63, 3.8) is 0 Å². The van der Waals surface area contributed by atoms with Crippen LogP contribution in [-0.4, -0.2) is 30.8 Å². The number of aliphatic hydroxyl groups excluding tert-OH is 1. The van der Waals surface area contributed by atoms with Crippen molar-refractivity contribution in [3.8, 4) is 0 Å². The summed E-state index contributed by atoms with van der Waals surface area (Å²) in [4.78, 5) is 2.51. The molecule has 1 aromatic carbocycles. The van der Waals surface area contributed by atoms with Crippen molar-refractivity contribution >= 4 is 5.69 Å². The molecule has 2 N–H and O–H groups in total. The second-order valence-electron chi connectivity index (χ2n) is 5.76. The maximum atomic E-state index is 9.11. The first-order valence-electron chi connectivity index (χ1n) is 7.94. The molecule has 0 bridgehead atoms. The summed E-state index contributed by atoms with van der Waals surface area (Å²) in [5, 5.41) is 12.5. The number of hydrogen-bond donors (Lipinski definition) is 2. The highest BCUT2D eigenvalue weighted by molar-refractivity contribution is 5.55. The average Bonchev–Trinajstić information content (AvgIpc) is 2.39. The fourth-order valence-corrected chi connectivity index (χ4v) is 2.86. The van der Waals surface area contributed by atoms with Gasteiger partial charge in [-0.25, -0.2) is 0 Å². The molecule has 1 aliphatic carbocycles. The molecule has 0 heterocycles. The highest BCUT2D eigenvalue weighted by Gasteiger charge is 2.25. The van der Waals surface area contributed by atoms with E-state index in [-0.39, 0.29) is 6.61 Å². The quantitative estimate of drug-likeness (QED) is 0.766. The lowest BCUT2D eigenvalue weighted by molar-refractivity contribution is 0.283. The van der Waals surface area contributed by atoms with Gasteiger partial charge in [0.05, 0.1) is 0 Å². The van der Waals surface area contributed by atoms with E-state index < -0.39 is 0 Å². The largest absolute Gasteiger partial charge is 0.396 e. The second-order valence-corrected chi connectivity index (χ2v) is 5.76. The number of rotatable bonds is 8. The Morgan fingerprint density at radius 2 is 2.15 bits per heavy atom. The van der Waals surface area contributed by atoms with Gasteiger partial charge in [0, 0.05) is 31.4 Å². The fourth-order valence-electron chi connectivity index (χ4n) is 2.86. The lowest BCUT2D eigenvalue weighted by Crippen LogP contribution is -2.41. The minimum absolute atomic E-state index is 0.279. The van der Waals surface area contributed by atoms with Gasteiger partial charge in [-0.05, 0) is 56.3 Å². The first kappa shape index (κ1) is 15.3. The Bertz CT molecular complexity index is 415. The van der Waals surface area contributed by atoms with E-state index in [2.05, 4.69) is 42.3 Å². The molecule has 1 saturated carbocycles. The Balaban J connectivity index is 2.10. The molecular formula is C17H28N2O. The van der Waals surface area contributed by atoms with Gasteiger partial charge in [0.25, 0.3) is 0 Å². The first-order chi connectivity index (χ1) is 9.76. The van der Waals surface area contributed by atoms with Crippen LogP contribution in [0.4, 0.5) is 5.69 Å². The lowest BCUT2D eigenvalue weighted by atomic mass is 9.90. The van der Waals surface area contributed by atoms with Gasteiger partial charge in [0.15, 0.2) is 0 Å². The third-order valence-corrected chi connectivity index (χ3v) is 4.22. The van der Waals surface area contributed by atoms with Crippen LogP contribution in [0.15, 0.2) is 18.2 Å². The number of hydrogen-bond acceptors (Lipinski definition) is 3. The average molecular weight is 276 g/mol. The molecule has 0 spiro atoms. The van der Waals surface area contributed by atoms with Gasteiger partial charge in [-0.1, -0.05) is 19.1 Å². The van der Waals surface area contributed by atoms with Crippen molar-refractivity contribution in [2.24, 2.45) is 0 Å². The van der Waals surface area contributed by atoms with Crippen LogP contribution in [0, 0.1) is 6.92 Å². The molecule has 0 aromatic heterocycles. The molecule has 0 atom stereocenters. The van der Waals surface area contributed by atoms with Gasteiger partial charge in [-0.3, -0.25) is 0 Å². The third-order valence-electron chi connectivity index (χ3n) is 4.22. The molecule has 3 nitrogen and oxygen atoms in total. The summed E-state index contributed by atoms with van der Waals surface area (Å²) in [5.74, 6) is 0. The minimum Gasteiger partial charge on any atom is -0.396 e. The molecule has 112 valence electrons. The summed E-state index contributed by atoms with van der Waals surface area (Å²) in [5.41, 5.74) is 4.05. The van der Waals surface area contributed by atoms with Crippen molar-refractivity contribution in [1.82, 2.24) is 5.32 Å². The summed E-state index contributed by atoms with van der Waals surface area (Å²) in [6, 6.07) is 7.47. The molecule has 0 unspecified atom stereocenters. The third kappa shape index (κ3) is 3.74. The van der Waals surface area contributed by atoms with Gasteiger partial charge in [0.1, 0.15) is 0 Å². The van der Waals surface area contributed by atoms with Crippen LogP contribution in [0.5, 0.6) is 0 Å². The maximum Gasteiger partial charge on any atom is 0.0447 e. The molecule has 0 aliphatic heterocycles. The molecule has 2 rings (SSSR count). The van der Waals surface area contributed by atoms with Gasteiger partial charge in [0.2, 0.25) is 0 Å². The highest BCUT2D eigenvalue weighted by atomic mass is 16.3. The Morgan fingerprint density at radius 1 is 1.35 bits per heavy atom. The number of anilines is 1. The lowest BCUT2D eigenvalue weighted by Gasteiger charge is -2.40. The molecule has 20 heavy (non-hydrogen) atoms. The highest BCUT2D eigenvalue weighted by Crippen LogP contribution is 2.32. The van der Waals surface area contributed by atoms with E-state index in [4.69, 9.17) is 5.11 Å². The van der Waals surface area contributed by atoms with Gasteiger partial charge in [-0.2, -0.15) is 0 Å². The molecule has 1 aromatic rings. The van der Waals surface area contributed by atoms with Crippen LogP contribution in [0.1, 0.15) is 43.7 Å². The van der Waals surface area contributed by atoms with E-state index in [9.17, 15) is 0 Å². The molecule has 0 radical (unpaired) electrons. The smallest absolute Gasteiger partial charge is 0.0447 e. The molecular weight excluding hydrogens is 248 g/mol. The standard InChI is InChI=1S/C17H28N2O/c1-3-18-13-15-8-9-17(14(2)12-15)19(10-5-11-20)16-6-4-7-16/h8-9,12,16,18,20H,3-7,10-11,13H2,1-2H3. The predicted octanol–water partition coefficient (Wildman–Crippen LogP) is 2.85. The topological polar surface area (TPSA) is 35.5 Å². The van der Waals surface area contributed by atoms with E-state index in [0.29, 0.717) is 6.04 Å². The zero-order valence-electron chi connectivity index (χ0n) is 12.9. The van der Waals surface area contributed by atoms with Crippen LogP contribution >= 0.6 is 0 Å². The van der Waals surface area contributed by atoms with Crippen molar-refractivity contribution in [2.45, 2.75) is 52.1 Å². The molecule has 3 heteroatoms.